The first-order valence-electron chi connectivity index (χ1n) is 12.9. The molecule has 1 unspecified atom stereocenters. The number of carbonyl (C=O) groups excluding carboxylic acids is 3. The van der Waals surface area contributed by atoms with Crippen molar-refractivity contribution < 1.29 is 19.1 Å². The van der Waals surface area contributed by atoms with Gasteiger partial charge in [-0.2, -0.15) is 0 Å². The molecule has 0 aromatic heterocycles. The van der Waals surface area contributed by atoms with Crippen molar-refractivity contribution in [3.63, 3.8) is 0 Å². The molecular weight excluding hydrogens is 416 g/mol. The molecule has 6 heteroatoms. The van der Waals surface area contributed by atoms with Gasteiger partial charge in [-0.25, -0.2) is 0 Å². The van der Waals surface area contributed by atoms with Crippen molar-refractivity contribution in [3.8, 4) is 0 Å². The van der Waals surface area contributed by atoms with Crippen LogP contribution in [-0.4, -0.2) is 36.5 Å². The van der Waals surface area contributed by atoms with Crippen LogP contribution in [0.3, 0.4) is 0 Å². The highest BCUT2D eigenvalue weighted by Gasteiger charge is 2.61. The zero-order valence-electron chi connectivity index (χ0n) is 21.0. The molecule has 33 heavy (non-hydrogen) atoms. The third-order valence-electron chi connectivity index (χ3n) is 9.87. The number of hydrogen-bond donors (Lipinski definition) is 2. The second-order valence-electron chi connectivity index (χ2n) is 11.6. The molecule has 3 fully saturated rings. The minimum atomic E-state index is -0.211. The summed E-state index contributed by atoms with van der Waals surface area (Å²) in [6.07, 6.45) is 11.1. The fraction of sp³-hybridized carbons (Fsp3) is 0.815. The number of amides is 2. The molecule has 4 aliphatic rings. The summed E-state index contributed by atoms with van der Waals surface area (Å²) in [5, 5.41) is 6.29. The summed E-state index contributed by atoms with van der Waals surface area (Å²) in [6, 6.07) is 0.345. The van der Waals surface area contributed by atoms with Crippen molar-refractivity contribution in [3.05, 3.63) is 11.6 Å². The summed E-state index contributed by atoms with van der Waals surface area (Å²) in [4.78, 5) is 35.3. The molecule has 2 amide bonds. The van der Waals surface area contributed by atoms with Gasteiger partial charge in [-0.1, -0.05) is 18.6 Å². The SMILES string of the molecule is CC(=O)NC(C)[C@H]1CC[C@H]2[C@@H]3CC=C4C[C@@H](NC(C)=O)CC[C@]4(C)[C@H]3CC[C@]12COC(C)=O. The maximum absolute atomic E-state index is 11.8. The van der Waals surface area contributed by atoms with E-state index in [-0.39, 0.29) is 40.7 Å². The van der Waals surface area contributed by atoms with E-state index < -0.39 is 0 Å². The second-order valence-corrected chi connectivity index (χ2v) is 11.6. The van der Waals surface area contributed by atoms with E-state index in [1.54, 1.807) is 19.4 Å². The first kappa shape index (κ1) is 24.3. The topological polar surface area (TPSA) is 84.5 Å². The molecule has 3 saturated carbocycles. The fourth-order valence-corrected chi connectivity index (χ4v) is 8.61. The Bertz CT molecular complexity index is 838. The Morgan fingerprint density at radius 3 is 2.48 bits per heavy atom. The van der Waals surface area contributed by atoms with Crippen molar-refractivity contribution in [1.29, 1.82) is 0 Å². The number of allylic oxidation sites excluding steroid dienone is 1. The normalized spacial score (nSPS) is 40.4. The van der Waals surface area contributed by atoms with E-state index in [9.17, 15) is 14.4 Å². The van der Waals surface area contributed by atoms with Gasteiger partial charge in [0, 0.05) is 38.3 Å². The van der Waals surface area contributed by atoms with Crippen LogP contribution in [0.4, 0.5) is 0 Å². The lowest BCUT2D eigenvalue weighted by Crippen LogP contribution is -2.55. The van der Waals surface area contributed by atoms with Crippen LogP contribution in [0.2, 0.25) is 0 Å². The van der Waals surface area contributed by atoms with E-state index in [2.05, 4.69) is 30.6 Å². The molecule has 0 bridgehead atoms. The highest BCUT2D eigenvalue weighted by molar-refractivity contribution is 5.73. The first-order chi connectivity index (χ1) is 15.6. The van der Waals surface area contributed by atoms with Crippen LogP contribution < -0.4 is 10.6 Å². The summed E-state index contributed by atoms with van der Waals surface area (Å²) in [5.74, 6) is 1.94. The van der Waals surface area contributed by atoms with Gasteiger partial charge in [-0.05, 0) is 87.4 Å². The maximum atomic E-state index is 11.8. The Hall–Kier alpha value is -1.85. The average Bonchev–Trinajstić information content (AvgIpc) is 3.12. The van der Waals surface area contributed by atoms with Crippen LogP contribution >= 0.6 is 0 Å². The minimum Gasteiger partial charge on any atom is -0.465 e. The molecule has 0 heterocycles. The Morgan fingerprint density at radius 2 is 1.82 bits per heavy atom. The number of ether oxygens (including phenoxy) is 1. The van der Waals surface area contributed by atoms with Crippen molar-refractivity contribution in [1.82, 2.24) is 10.6 Å². The van der Waals surface area contributed by atoms with Crippen LogP contribution in [0.1, 0.15) is 86.0 Å². The van der Waals surface area contributed by atoms with E-state index >= 15 is 0 Å². The molecule has 6 nitrogen and oxygen atoms in total. The van der Waals surface area contributed by atoms with Gasteiger partial charge in [-0.15, -0.1) is 0 Å². The predicted octanol–water partition coefficient (Wildman–Crippen LogP) is 4.14. The van der Waals surface area contributed by atoms with E-state index in [0.717, 1.165) is 51.4 Å². The molecule has 0 spiro atoms. The van der Waals surface area contributed by atoms with Gasteiger partial charge in [-0.3, -0.25) is 14.4 Å². The van der Waals surface area contributed by atoms with E-state index in [1.165, 1.54) is 6.92 Å². The molecule has 0 aliphatic heterocycles. The van der Waals surface area contributed by atoms with E-state index in [4.69, 9.17) is 4.74 Å². The van der Waals surface area contributed by atoms with E-state index in [0.29, 0.717) is 30.3 Å². The third-order valence-corrected chi connectivity index (χ3v) is 9.87. The van der Waals surface area contributed by atoms with Gasteiger partial charge in [0.05, 0.1) is 6.61 Å². The van der Waals surface area contributed by atoms with Gasteiger partial charge in [0.2, 0.25) is 11.8 Å². The van der Waals surface area contributed by atoms with Gasteiger partial charge in [0.15, 0.2) is 0 Å². The Labute approximate surface area is 198 Å². The van der Waals surface area contributed by atoms with Gasteiger partial charge < -0.3 is 15.4 Å². The Kier molecular flexibility index (Phi) is 6.67. The second kappa shape index (κ2) is 9.07. The third kappa shape index (κ3) is 4.35. The minimum absolute atomic E-state index is 0.0101. The molecule has 0 aromatic rings. The summed E-state index contributed by atoms with van der Waals surface area (Å²) >= 11 is 0. The molecule has 184 valence electrons. The monoisotopic (exact) mass is 458 g/mol. The van der Waals surface area contributed by atoms with Crippen molar-refractivity contribution in [2.75, 3.05) is 6.61 Å². The molecule has 0 radical (unpaired) electrons. The number of fused-ring (bicyclic) bond motifs is 5. The Balaban J connectivity index is 1.60. The predicted molar refractivity (Wildman–Crippen MR) is 127 cm³/mol. The molecular formula is C27H42N2O4. The van der Waals surface area contributed by atoms with Crippen molar-refractivity contribution >= 4 is 17.8 Å². The van der Waals surface area contributed by atoms with Crippen LogP contribution in [0.15, 0.2) is 11.6 Å². The van der Waals surface area contributed by atoms with Gasteiger partial charge in [0.1, 0.15) is 0 Å². The maximum Gasteiger partial charge on any atom is 0.302 e. The number of rotatable bonds is 5. The smallest absolute Gasteiger partial charge is 0.302 e. The number of carbonyl (C=O) groups is 3. The van der Waals surface area contributed by atoms with Crippen molar-refractivity contribution in [2.45, 2.75) is 98.1 Å². The fourth-order valence-electron chi connectivity index (χ4n) is 8.61. The van der Waals surface area contributed by atoms with Crippen LogP contribution in [0, 0.1) is 34.5 Å². The zero-order valence-corrected chi connectivity index (χ0v) is 21.0. The zero-order chi connectivity index (χ0) is 24.0. The summed E-state index contributed by atoms with van der Waals surface area (Å²) < 4.78 is 5.73. The average molecular weight is 459 g/mol. The standard InChI is InChI=1S/C27H42N2O4/c1-16(28-17(2)30)23-8-9-25-22-7-6-20-14-21(29-18(3)31)10-12-26(20,5)24(22)11-13-27(23,25)15-33-19(4)32/h6,16,21-25H,7-15H2,1-5H3,(H,28,30)(H,29,31)/t16?,21-,22+,23+,24-,25-,26-,27-/m0/s1. The largest absolute Gasteiger partial charge is 0.465 e. The quantitative estimate of drug-likeness (QED) is 0.479. The number of hydrogen-bond acceptors (Lipinski definition) is 4. The lowest BCUT2D eigenvalue weighted by atomic mass is 9.46. The number of esters is 1. The van der Waals surface area contributed by atoms with E-state index in [1.807, 2.05) is 0 Å². The summed E-state index contributed by atoms with van der Waals surface area (Å²) in [7, 11) is 0. The van der Waals surface area contributed by atoms with Gasteiger partial charge in [0.25, 0.3) is 0 Å². The van der Waals surface area contributed by atoms with Gasteiger partial charge >= 0.3 is 5.97 Å². The molecule has 4 rings (SSSR count). The lowest BCUT2D eigenvalue weighted by molar-refractivity contribution is -0.153. The van der Waals surface area contributed by atoms with Crippen molar-refractivity contribution in [2.24, 2.45) is 34.5 Å². The molecule has 8 atom stereocenters. The Morgan fingerprint density at radius 1 is 1.06 bits per heavy atom. The number of nitrogens with one attached hydrogen (secondary N) is 2. The first-order valence-corrected chi connectivity index (χ1v) is 12.9. The van der Waals surface area contributed by atoms with Crippen LogP contribution in [0.5, 0.6) is 0 Å². The molecule has 0 aromatic carbocycles. The van der Waals surface area contributed by atoms with Crippen LogP contribution in [-0.2, 0) is 19.1 Å². The lowest BCUT2D eigenvalue weighted by Gasteiger charge is -2.59. The highest BCUT2D eigenvalue weighted by atomic mass is 16.5. The summed E-state index contributed by atoms with van der Waals surface area (Å²) in [6.45, 7) is 9.77. The highest BCUT2D eigenvalue weighted by Crippen LogP contribution is 2.66. The molecule has 2 N–H and O–H groups in total. The summed E-state index contributed by atoms with van der Waals surface area (Å²) in [5.41, 5.74) is 1.69. The molecule has 4 aliphatic carbocycles. The van der Waals surface area contributed by atoms with Crippen LogP contribution in [0.25, 0.3) is 0 Å². The molecule has 0 saturated heterocycles.